The lowest BCUT2D eigenvalue weighted by Gasteiger charge is -2.36. The van der Waals surface area contributed by atoms with Gasteiger partial charge >= 0.3 is 0 Å². The van der Waals surface area contributed by atoms with Gasteiger partial charge in [-0.1, -0.05) is 30.3 Å². The molecule has 0 N–H and O–H groups in total. The van der Waals surface area contributed by atoms with Crippen LogP contribution < -0.4 is 0 Å². The van der Waals surface area contributed by atoms with Gasteiger partial charge in [-0.05, 0) is 24.8 Å². The average molecular weight is 369 g/mol. The molecule has 2 heterocycles. The quantitative estimate of drug-likeness (QED) is 0.786. The van der Waals surface area contributed by atoms with Gasteiger partial charge in [0, 0.05) is 51.6 Å². The molecule has 0 bridgehead atoms. The molecule has 0 radical (unpaired) electrons. The number of benzene rings is 1. The van der Waals surface area contributed by atoms with Crippen molar-refractivity contribution in [1.29, 1.82) is 0 Å². The number of likely N-dealkylation sites (tertiary alicyclic amines) is 1. The van der Waals surface area contributed by atoms with Gasteiger partial charge < -0.3 is 14.7 Å². The third-order valence-corrected chi connectivity index (χ3v) is 5.91. The molecule has 1 atom stereocenters. The summed E-state index contributed by atoms with van der Waals surface area (Å²) in [6, 6.07) is 10.4. The number of nitrogens with zero attached hydrogens (tertiary/aromatic N) is 3. The molecule has 0 aromatic heterocycles. The summed E-state index contributed by atoms with van der Waals surface area (Å²) in [7, 11) is 0. The van der Waals surface area contributed by atoms with E-state index in [9.17, 15) is 14.4 Å². The Labute approximate surface area is 160 Å². The highest BCUT2D eigenvalue weighted by Gasteiger charge is 2.43. The third kappa shape index (κ3) is 4.15. The maximum atomic E-state index is 12.8. The van der Waals surface area contributed by atoms with Crippen LogP contribution in [0.1, 0.15) is 31.2 Å². The van der Waals surface area contributed by atoms with Crippen LogP contribution in [0.15, 0.2) is 30.3 Å². The van der Waals surface area contributed by atoms with E-state index in [2.05, 4.69) is 0 Å². The molecule has 1 aromatic carbocycles. The first-order chi connectivity index (χ1) is 13.1. The van der Waals surface area contributed by atoms with Crippen molar-refractivity contribution < 1.29 is 14.4 Å². The summed E-state index contributed by atoms with van der Waals surface area (Å²) in [5.74, 6) is 0.175. The summed E-state index contributed by atoms with van der Waals surface area (Å²) in [5, 5.41) is 0. The van der Waals surface area contributed by atoms with Gasteiger partial charge in [0.25, 0.3) is 0 Å². The number of piperazine rings is 1. The molecule has 3 fully saturated rings. The van der Waals surface area contributed by atoms with Crippen molar-refractivity contribution in [2.24, 2.45) is 5.92 Å². The zero-order chi connectivity index (χ0) is 18.8. The molecular weight excluding hydrogens is 342 g/mol. The molecule has 1 aromatic rings. The lowest BCUT2D eigenvalue weighted by atomic mass is 10.1. The minimum Gasteiger partial charge on any atom is -0.339 e. The summed E-state index contributed by atoms with van der Waals surface area (Å²) >= 11 is 0. The molecule has 2 saturated heterocycles. The third-order valence-electron chi connectivity index (χ3n) is 5.91. The van der Waals surface area contributed by atoms with Crippen molar-refractivity contribution in [3.8, 4) is 0 Å². The van der Waals surface area contributed by atoms with Crippen LogP contribution in [0.3, 0.4) is 0 Å². The van der Waals surface area contributed by atoms with E-state index in [1.807, 2.05) is 45.0 Å². The molecule has 27 heavy (non-hydrogen) atoms. The van der Waals surface area contributed by atoms with Crippen LogP contribution in [0.2, 0.25) is 0 Å². The van der Waals surface area contributed by atoms with E-state index in [-0.39, 0.29) is 23.6 Å². The van der Waals surface area contributed by atoms with Crippen LogP contribution in [-0.2, 0) is 20.8 Å². The Hall–Kier alpha value is -2.37. The summed E-state index contributed by atoms with van der Waals surface area (Å²) in [6.45, 7) is 2.91. The first kappa shape index (κ1) is 18.0. The van der Waals surface area contributed by atoms with Crippen LogP contribution in [0, 0.1) is 5.92 Å². The largest absolute Gasteiger partial charge is 0.339 e. The Balaban J connectivity index is 1.23. The van der Waals surface area contributed by atoms with Gasteiger partial charge in [-0.2, -0.15) is 0 Å². The monoisotopic (exact) mass is 369 g/mol. The van der Waals surface area contributed by atoms with E-state index in [1.165, 1.54) is 5.56 Å². The summed E-state index contributed by atoms with van der Waals surface area (Å²) in [4.78, 5) is 42.9. The van der Waals surface area contributed by atoms with E-state index in [4.69, 9.17) is 0 Å². The van der Waals surface area contributed by atoms with E-state index in [0.717, 1.165) is 19.3 Å². The fourth-order valence-electron chi connectivity index (χ4n) is 4.12. The topological polar surface area (TPSA) is 60.9 Å². The minimum absolute atomic E-state index is 0.0860. The summed E-state index contributed by atoms with van der Waals surface area (Å²) in [6.07, 6.45) is 3.77. The number of carbonyl (C=O) groups is 3. The van der Waals surface area contributed by atoms with E-state index < -0.39 is 0 Å². The van der Waals surface area contributed by atoms with Gasteiger partial charge in [0.2, 0.25) is 17.7 Å². The van der Waals surface area contributed by atoms with E-state index >= 15 is 0 Å². The maximum absolute atomic E-state index is 12.8. The Morgan fingerprint density at radius 1 is 0.963 bits per heavy atom. The number of hydrogen-bond acceptors (Lipinski definition) is 3. The van der Waals surface area contributed by atoms with Gasteiger partial charge in [-0.3, -0.25) is 14.4 Å². The molecule has 2 aliphatic heterocycles. The molecule has 4 rings (SSSR count). The van der Waals surface area contributed by atoms with Crippen molar-refractivity contribution >= 4 is 17.7 Å². The predicted molar refractivity (Wildman–Crippen MR) is 101 cm³/mol. The number of rotatable bonds is 5. The lowest BCUT2D eigenvalue weighted by Crippen LogP contribution is -2.52. The normalized spacial score (nSPS) is 23.0. The van der Waals surface area contributed by atoms with Crippen molar-refractivity contribution in [2.45, 2.75) is 38.1 Å². The first-order valence-electron chi connectivity index (χ1n) is 10.0. The lowest BCUT2D eigenvalue weighted by molar-refractivity contribution is -0.142. The van der Waals surface area contributed by atoms with Gasteiger partial charge in [0.15, 0.2) is 0 Å². The zero-order valence-electron chi connectivity index (χ0n) is 15.7. The van der Waals surface area contributed by atoms with Gasteiger partial charge in [0.05, 0.1) is 5.92 Å². The van der Waals surface area contributed by atoms with Crippen molar-refractivity contribution in [3.05, 3.63) is 35.9 Å². The number of aryl methyl sites for hydroxylation is 1. The predicted octanol–water partition coefficient (Wildman–Crippen LogP) is 1.30. The van der Waals surface area contributed by atoms with Gasteiger partial charge in [0.1, 0.15) is 0 Å². The van der Waals surface area contributed by atoms with Crippen LogP contribution in [0.4, 0.5) is 0 Å². The van der Waals surface area contributed by atoms with Crippen molar-refractivity contribution in [1.82, 2.24) is 14.7 Å². The molecule has 1 aliphatic carbocycles. The Kier molecular flexibility index (Phi) is 5.14. The molecule has 1 unspecified atom stereocenters. The van der Waals surface area contributed by atoms with E-state index in [1.54, 1.807) is 0 Å². The second-order valence-electron chi connectivity index (χ2n) is 7.87. The smallest absolute Gasteiger partial charge is 0.228 e. The molecule has 6 heteroatoms. The Morgan fingerprint density at radius 2 is 1.63 bits per heavy atom. The Bertz CT molecular complexity index is 709. The summed E-state index contributed by atoms with van der Waals surface area (Å²) < 4.78 is 0. The standard InChI is InChI=1S/C21H27N3O3/c25-19(9-6-16-4-2-1-3-5-16)22-10-12-23(13-11-22)21(27)17-14-20(26)24(15-17)18-7-8-18/h1-5,17-18H,6-15H2. The molecule has 1 saturated carbocycles. The molecule has 6 nitrogen and oxygen atoms in total. The molecule has 0 spiro atoms. The molecule has 3 aliphatic rings. The zero-order valence-corrected chi connectivity index (χ0v) is 15.7. The fourth-order valence-corrected chi connectivity index (χ4v) is 4.12. The van der Waals surface area contributed by atoms with Gasteiger partial charge in [-0.25, -0.2) is 0 Å². The maximum Gasteiger partial charge on any atom is 0.228 e. The Morgan fingerprint density at radius 3 is 2.30 bits per heavy atom. The van der Waals surface area contributed by atoms with Crippen molar-refractivity contribution in [2.75, 3.05) is 32.7 Å². The van der Waals surface area contributed by atoms with Crippen LogP contribution in [0.5, 0.6) is 0 Å². The van der Waals surface area contributed by atoms with E-state index in [0.29, 0.717) is 51.6 Å². The highest BCUT2D eigenvalue weighted by atomic mass is 16.2. The van der Waals surface area contributed by atoms with Crippen LogP contribution in [-0.4, -0.2) is 71.2 Å². The average Bonchev–Trinajstić information content (AvgIpc) is 3.48. The molecule has 3 amide bonds. The number of carbonyl (C=O) groups excluding carboxylic acids is 3. The van der Waals surface area contributed by atoms with Gasteiger partial charge in [-0.15, -0.1) is 0 Å². The highest BCUT2D eigenvalue weighted by molar-refractivity contribution is 5.89. The van der Waals surface area contributed by atoms with Crippen LogP contribution in [0.25, 0.3) is 0 Å². The molecular formula is C21H27N3O3. The molecule has 144 valence electrons. The first-order valence-corrected chi connectivity index (χ1v) is 10.0. The second kappa shape index (κ2) is 7.71. The second-order valence-corrected chi connectivity index (χ2v) is 7.87. The van der Waals surface area contributed by atoms with Crippen molar-refractivity contribution in [3.63, 3.8) is 0 Å². The number of hydrogen-bond donors (Lipinski definition) is 0. The number of amides is 3. The minimum atomic E-state index is -0.196. The highest BCUT2D eigenvalue weighted by Crippen LogP contribution is 2.33. The SMILES string of the molecule is O=C(CCc1ccccc1)N1CCN(C(=O)C2CC(=O)N(C3CC3)C2)CC1. The summed E-state index contributed by atoms with van der Waals surface area (Å²) in [5.41, 5.74) is 1.17. The van der Waals surface area contributed by atoms with Crippen LogP contribution >= 0.6 is 0 Å². The fraction of sp³-hybridized carbons (Fsp3) is 0.571.